The molecule has 1 rings (SSSR count). The first-order valence-electron chi connectivity index (χ1n) is 5.71. The second-order valence-corrected chi connectivity index (χ2v) is 2.52. The van der Waals surface area contributed by atoms with Crippen molar-refractivity contribution in [1.82, 2.24) is 5.32 Å². The minimum Gasteiger partial charge on any atom is -0.317 e. The molecular weight excluding hydrogens is 146 g/mol. The molecule has 12 heavy (non-hydrogen) atoms. The summed E-state index contributed by atoms with van der Waals surface area (Å²) in [6, 6.07) is 0. The number of hydrogen-bond donors (Lipinski definition) is 1. The van der Waals surface area contributed by atoms with Crippen LogP contribution >= 0.6 is 0 Å². The fourth-order valence-electron chi connectivity index (χ4n) is 1.16. The minimum atomic E-state index is 1.25. The summed E-state index contributed by atoms with van der Waals surface area (Å²) in [5, 5.41) is 3.39. The van der Waals surface area contributed by atoms with Crippen LogP contribution in [0.4, 0.5) is 0 Å². The maximum absolute atomic E-state index is 3.39. The molecule has 0 aromatic carbocycles. The van der Waals surface area contributed by atoms with Gasteiger partial charge in [0.15, 0.2) is 0 Å². The van der Waals surface area contributed by atoms with E-state index in [2.05, 4.69) is 5.32 Å². The predicted molar refractivity (Wildman–Crippen MR) is 58.7 cm³/mol. The average Bonchev–Trinajstić information content (AvgIpc) is 2.10. The maximum Gasteiger partial charge on any atom is -0.00489 e. The van der Waals surface area contributed by atoms with Gasteiger partial charge >= 0.3 is 0 Å². The molecule has 1 saturated heterocycles. The van der Waals surface area contributed by atoms with Gasteiger partial charge in [-0.2, -0.15) is 0 Å². The molecule has 1 heterocycles. The molecule has 0 aliphatic carbocycles. The maximum atomic E-state index is 3.39. The highest BCUT2D eigenvalue weighted by molar-refractivity contribution is 4.54. The molecule has 0 saturated carbocycles. The van der Waals surface area contributed by atoms with Gasteiger partial charge in [-0.1, -0.05) is 47.0 Å². The van der Waals surface area contributed by atoms with E-state index in [0.717, 1.165) is 0 Å². The Kier molecular flexibility index (Phi) is 20.7. The highest BCUT2D eigenvalue weighted by Crippen LogP contribution is 2.03. The van der Waals surface area contributed by atoms with Crippen molar-refractivity contribution in [2.45, 2.75) is 59.8 Å². The Morgan fingerprint density at radius 1 is 0.583 bits per heavy atom. The molecule has 1 fully saturated rings. The minimum absolute atomic E-state index is 1.25. The van der Waals surface area contributed by atoms with Gasteiger partial charge in [0, 0.05) is 0 Å². The Balaban J connectivity index is 0. The van der Waals surface area contributed by atoms with Crippen molar-refractivity contribution in [3.8, 4) is 0 Å². The third-order valence-corrected chi connectivity index (χ3v) is 1.71. The van der Waals surface area contributed by atoms with Crippen LogP contribution in [0.2, 0.25) is 0 Å². The lowest BCUT2D eigenvalue weighted by Crippen LogP contribution is -2.18. The van der Waals surface area contributed by atoms with Crippen LogP contribution < -0.4 is 5.32 Å². The van der Waals surface area contributed by atoms with Crippen molar-refractivity contribution < 1.29 is 0 Å². The van der Waals surface area contributed by atoms with E-state index in [1.807, 2.05) is 27.7 Å². The zero-order valence-corrected chi connectivity index (χ0v) is 9.45. The number of nitrogens with one attached hydrogen (secondary N) is 1. The smallest absolute Gasteiger partial charge is 0.00489 e. The molecule has 1 aliphatic heterocycles. The molecule has 0 aromatic heterocycles. The van der Waals surface area contributed by atoms with Gasteiger partial charge < -0.3 is 5.32 Å². The normalized spacial score (nSPS) is 17.0. The van der Waals surface area contributed by atoms with E-state index in [9.17, 15) is 0 Å². The van der Waals surface area contributed by atoms with E-state index in [1.54, 1.807) is 0 Å². The van der Waals surface area contributed by atoms with Crippen molar-refractivity contribution >= 4 is 0 Å². The molecule has 1 aliphatic rings. The quantitative estimate of drug-likeness (QED) is 0.590. The fraction of sp³-hybridized carbons (Fsp3) is 1.00. The Morgan fingerprint density at radius 2 is 0.917 bits per heavy atom. The van der Waals surface area contributed by atoms with E-state index in [4.69, 9.17) is 0 Å². The van der Waals surface area contributed by atoms with Crippen LogP contribution in [0.3, 0.4) is 0 Å². The van der Waals surface area contributed by atoms with Crippen LogP contribution in [0.1, 0.15) is 59.8 Å². The van der Waals surface area contributed by atoms with Gasteiger partial charge in [0.25, 0.3) is 0 Å². The average molecular weight is 173 g/mol. The molecule has 76 valence electrons. The Bertz CT molecular complexity index is 29.0. The molecule has 0 radical (unpaired) electrons. The van der Waals surface area contributed by atoms with Crippen LogP contribution in [0.5, 0.6) is 0 Å². The zero-order chi connectivity index (χ0) is 9.66. The van der Waals surface area contributed by atoms with Crippen molar-refractivity contribution in [2.24, 2.45) is 0 Å². The van der Waals surface area contributed by atoms with Gasteiger partial charge in [-0.05, 0) is 25.9 Å². The summed E-state index contributed by atoms with van der Waals surface area (Å²) >= 11 is 0. The molecule has 0 amide bonds. The van der Waals surface area contributed by atoms with Gasteiger partial charge in [0.2, 0.25) is 0 Å². The molecule has 1 N–H and O–H groups in total. The highest BCUT2D eigenvalue weighted by atomic mass is 14.8. The molecule has 0 unspecified atom stereocenters. The summed E-state index contributed by atoms with van der Waals surface area (Å²) in [4.78, 5) is 0. The van der Waals surface area contributed by atoms with Gasteiger partial charge in [-0.25, -0.2) is 0 Å². The third-order valence-electron chi connectivity index (χ3n) is 1.71. The molecule has 0 bridgehead atoms. The summed E-state index contributed by atoms with van der Waals surface area (Å²) in [6.45, 7) is 10.5. The summed E-state index contributed by atoms with van der Waals surface area (Å²) in [5.74, 6) is 0. The molecule has 0 atom stereocenters. The van der Waals surface area contributed by atoms with E-state index >= 15 is 0 Å². The van der Waals surface area contributed by atoms with Crippen molar-refractivity contribution in [2.75, 3.05) is 13.1 Å². The summed E-state index contributed by atoms with van der Waals surface area (Å²) in [5.41, 5.74) is 0. The van der Waals surface area contributed by atoms with Gasteiger partial charge in [-0.15, -0.1) is 0 Å². The fourth-order valence-corrected chi connectivity index (χ4v) is 1.16. The SMILES string of the molecule is C1CCCNCCC1.CC.CC. The summed E-state index contributed by atoms with van der Waals surface area (Å²) in [6.07, 6.45) is 7.11. The molecule has 1 nitrogen and oxygen atoms in total. The third kappa shape index (κ3) is 12.6. The largest absolute Gasteiger partial charge is 0.317 e. The van der Waals surface area contributed by atoms with E-state index in [0.29, 0.717) is 0 Å². The first-order chi connectivity index (χ1) is 6.00. The van der Waals surface area contributed by atoms with Crippen LogP contribution in [-0.2, 0) is 0 Å². The Morgan fingerprint density at radius 3 is 1.33 bits per heavy atom. The van der Waals surface area contributed by atoms with Crippen molar-refractivity contribution in [3.05, 3.63) is 0 Å². The number of hydrogen-bond acceptors (Lipinski definition) is 1. The molecule has 1 heteroatoms. The monoisotopic (exact) mass is 173 g/mol. The second kappa shape index (κ2) is 17.2. The standard InChI is InChI=1S/C7H15N.2C2H6/c1-2-4-6-8-7-5-3-1;2*1-2/h8H,1-7H2;2*1-2H3. The lowest BCUT2D eigenvalue weighted by Gasteiger charge is -2.08. The van der Waals surface area contributed by atoms with E-state index in [1.165, 1.54) is 45.2 Å². The first kappa shape index (κ1) is 14.5. The van der Waals surface area contributed by atoms with Crippen molar-refractivity contribution in [3.63, 3.8) is 0 Å². The Hall–Kier alpha value is -0.0400. The van der Waals surface area contributed by atoms with Gasteiger partial charge in [-0.3, -0.25) is 0 Å². The van der Waals surface area contributed by atoms with Crippen LogP contribution in [0.25, 0.3) is 0 Å². The van der Waals surface area contributed by atoms with Gasteiger partial charge in [0.05, 0.1) is 0 Å². The lowest BCUT2D eigenvalue weighted by molar-refractivity contribution is 0.516. The second-order valence-electron chi connectivity index (χ2n) is 2.52. The zero-order valence-electron chi connectivity index (χ0n) is 9.45. The topological polar surface area (TPSA) is 12.0 Å². The van der Waals surface area contributed by atoms with E-state index < -0.39 is 0 Å². The first-order valence-corrected chi connectivity index (χ1v) is 5.71. The molecular formula is C11H27N. The van der Waals surface area contributed by atoms with Crippen LogP contribution in [0, 0.1) is 0 Å². The molecule has 0 spiro atoms. The molecule has 0 aromatic rings. The van der Waals surface area contributed by atoms with E-state index in [-0.39, 0.29) is 0 Å². The highest BCUT2D eigenvalue weighted by Gasteiger charge is 1.94. The van der Waals surface area contributed by atoms with Crippen LogP contribution in [0.15, 0.2) is 0 Å². The number of rotatable bonds is 0. The summed E-state index contributed by atoms with van der Waals surface area (Å²) in [7, 11) is 0. The van der Waals surface area contributed by atoms with Gasteiger partial charge in [0.1, 0.15) is 0 Å². The summed E-state index contributed by atoms with van der Waals surface area (Å²) < 4.78 is 0. The Labute approximate surface area is 78.9 Å². The van der Waals surface area contributed by atoms with Crippen molar-refractivity contribution in [1.29, 1.82) is 0 Å². The predicted octanol–water partition coefficient (Wildman–Crippen LogP) is 3.59. The van der Waals surface area contributed by atoms with Crippen LogP contribution in [-0.4, -0.2) is 13.1 Å². The lowest BCUT2D eigenvalue weighted by atomic mass is 10.1.